The van der Waals surface area contributed by atoms with E-state index in [-0.39, 0.29) is 21.5 Å². The Bertz CT molecular complexity index is 1680. The summed E-state index contributed by atoms with van der Waals surface area (Å²) in [4.78, 5) is 28.1. The molecular formula is C28H19Cl4N3O4S2. The van der Waals surface area contributed by atoms with E-state index in [0.717, 1.165) is 16.9 Å². The number of hydrogen-bond acceptors (Lipinski definition) is 8. The zero-order valence-electron chi connectivity index (χ0n) is 21.1. The maximum absolute atomic E-state index is 13.4. The van der Waals surface area contributed by atoms with E-state index < -0.39 is 17.7 Å². The lowest BCUT2D eigenvalue weighted by atomic mass is 9.95. The highest BCUT2D eigenvalue weighted by Crippen LogP contribution is 2.45. The molecule has 3 aromatic carbocycles. The van der Waals surface area contributed by atoms with Gasteiger partial charge in [-0.15, -0.1) is 10.2 Å². The highest BCUT2D eigenvalue weighted by molar-refractivity contribution is 8.00. The Balaban J connectivity index is 1.53. The lowest BCUT2D eigenvalue weighted by Crippen LogP contribution is -2.29. The number of ketones is 1. The third kappa shape index (κ3) is 6.21. The maximum Gasteiger partial charge on any atom is 0.301 e. The van der Waals surface area contributed by atoms with Gasteiger partial charge in [0.05, 0.1) is 28.3 Å². The predicted molar refractivity (Wildman–Crippen MR) is 165 cm³/mol. The second-order valence-electron chi connectivity index (χ2n) is 8.67. The van der Waals surface area contributed by atoms with Crippen molar-refractivity contribution in [3.8, 4) is 5.75 Å². The summed E-state index contributed by atoms with van der Waals surface area (Å²) in [5.74, 6) is -0.991. The largest absolute Gasteiger partial charge is 0.507 e. The molecule has 1 unspecified atom stereocenters. The average molecular weight is 667 g/mol. The molecule has 7 nitrogen and oxygen atoms in total. The van der Waals surface area contributed by atoms with Crippen LogP contribution in [-0.4, -0.2) is 33.6 Å². The summed E-state index contributed by atoms with van der Waals surface area (Å²) in [5.41, 5.74) is 1.53. The number of anilines is 1. The summed E-state index contributed by atoms with van der Waals surface area (Å²) in [5, 5.41) is 21.5. The molecule has 0 aliphatic carbocycles. The third-order valence-electron chi connectivity index (χ3n) is 6.11. The minimum atomic E-state index is -1.03. The van der Waals surface area contributed by atoms with Crippen LogP contribution in [0.3, 0.4) is 0 Å². The number of aliphatic hydroxyl groups excluding tert-OH is 1. The van der Waals surface area contributed by atoms with Crippen molar-refractivity contribution in [2.45, 2.75) is 23.1 Å². The molecule has 1 aliphatic heterocycles. The minimum absolute atomic E-state index is 0.116. The molecule has 41 heavy (non-hydrogen) atoms. The smallest absolute Gasteiger partial charge is 0.301 e. The molecular weight excluding hydrogens is 648 g/mol. The number of carbonyl (C=O) groups is 2. The van der Waals surface area contributed by atoms with Crippen LogP contribution >= 0.6 is 69.5 Å². The number of rotatable bonds is 8. The number of aliphatic hydroxyl groups is 1. The van der Waals surface area contributed by atoms with Gasteiger partial charge in [-0.25, -0.2) is 0 Å². The first-order valence-corrected chi connectivity index (χ1v) is 15.4. The fourth-order valence-corrected chi connectivity index (χ4v) is 6.93. The quantitative estimate of drug-likeness (QED) is 0.0663. The van der Waals surface area contributed by atoms with Crippen molar-refractivity contribution >= 4 is 92.1 Å². The number of thioether (sulfide) groups is 1. The van der Waals surface area contributed by atoms with Crippen molar-refractivity contribution in [3.05, 3.63) is 103 Å². The van der Waals surface area contributed by atoms with Crippen molar-refractivity contribution in [1.29, 1.82) is 0 Å². The van der Waals surface area contributed by atoms with Gasteiger partial charge >= 0.3 is 5.91 Å². The van der Waals surface area contributed by atoms with Crippen LogP contribution in [0.15, 0.2) is 70.6 Å². The van der Waals surface area contributed by atoms with Crippen LogP contribution in [0, 0.1) is 0 Å². The predicted octanol–water partition coefficient (Wildman–Crippen LogP) is 8.47. The first kappa shape index (κ1) is 29.7. The first-order chi connectivity index (χ1) is 19.7. The van der Waals surface area contributed by atoms with E-state index in [4.69, 9.17) is 51.1 Å². The average Bonchev–Trinajstić information content (AvgIpc) is 3.52. The van der Waals surface area contributed by atoms with Crippen LogP contribution in [0.5, 0.6) is 5.75 Å². The summed E-state index contributed by atoms with van der Waals surface area (Å²) in [6, 6.07) is 15.5. The van der Waals surface area contributed by atoms with E-state index in [9.17, 15) is 14.7 Å². The van der Waals surface area contributed by atoms with Gasteiger partial charge in [-0.2, -0.15) is 0 Å². The summed E-state index contributed by atoms with van der Waals surface area (Å²) in [6.45, 7) is 2.33. The Kier molecular flexibility index (Phi) is 9.13. The van der Waals surface area contributed by atoms with Crippen molar-refractivity contribution in [2.24, 2.45) is 0 Å². The van der Waals surface area contributed by atoms with Crippen LogP contribution in [0.2, 0.25) is 20.1 Å². The lowest BCUT2D eigenvalue weighted by molar-refractivity contribution is -0.132. The molecule has 0 saturated carbocycles. The Morgan fingerprint density at radius 1 is 0.976 bits per heavy atom. The van der Waals surface area contributed by atoms with Crippen LogP contribution < -0.4 is 9.64 Å². The summed E-state index contributed by atoms with van der Waals surface area (Å²) in [7, 11) is 0. The molecule has 0 radical (unpaired) electrons. The van der Waals surface area contributed by atoms with E-state index in [1.165, 1.54) is 16.7 Å². The molecule has 5 rings (SSSR count). The molecule has 1 saturated heterocycles. The molecule has 0 spiro atoms. The van der Waals surface area contributed by atoms with Gasteiger partial charge in [0, 0.05) is 21.4 Å². The van der Waals surface area contributed by atoms with Gasteiger partial charge in [0.2, 0.25) is 5.13 Å². The molecule has 13 heteroatoms. The Morgan fingerprint density at radius 3 is 2.41 bits per heavy atom. The molecule has 1 N–H and O–H groups in total. The number of benzene rings is 3. The van der Waals surface area contributed by atoms with Gasteiger partial charge in [0.15, 0.2) is 4.34 Å². The molecule has 1 aromatic heterocycles. The van der Waals surface area contributed by atoms with Crippen molar-refractivity contribution in [3.63, 3.8) is 0 Å². The van der Waals surface area contributed by atoms with Gasteiger partial charge in [-0.1, -0.05) is 81.6 Å². The van der Waals surface area contributed by atoms with E-state index in [0.29, 0.717) is 48.6 Å². The Hall–Kier alpha value is -2.79. The highest BCUT2D eigenvalue weighted by Gasteiger charge is 2.48. The molecule has 2 heterocycles. The standard InChI is InChI=1S/C28H19Cl4N3O4S2/c1-2-39-18-8-4-14(5-9-18)24(36)22-23(15-6-10-19(30)21(32)11-15)35(26(38)25(22)37)27-33-34-28(41-27)40-13-16-3-7-17(29)12-20(16)31/h3-12,23,36H,2,13H2,1H3/b24-22-. The number of hydrogen-bond donors (Lipinski definition) is 1. The molecule has 1 aliphatic rings. The first-order valence-electron chi connectivity index (χ1n) is 12.1. The van der Waals surface area contributed by atoms with E-state index in [1.807, 2.05) is 13.0 Å². The van der Waals surface area contributed by atoms with Crippen LogP contribution in [0.1, 0.15) is 29.7 Å². The number of aromatic nitrogens is 2. The summed E-state index contributed by atoms with van der Waals surface area (Å²) >= 11 is 27.3. The maximum atomic E-state index is 13.4. The molecule has 1 fully saturated rings. The second-order valence-corrected chi connectivity index (χ2v) is 12.5. The SMILES string of the molecule is CCOc1ccc(/C(O)=C2/C(=O)C(=O)N(c3nnc(SCc4ccc(Cl)cc4Cl)s3)C2c2ccc(Cl)c(Cl)c2)cc1. The number of amides is 1. The number of nitrogens with zero attached hydrogens (tertiary/aromatic N) is 3. The normalized spacial score (nSPS) is 16.4. The molecule has 0 bridgehead atoms. The zero-order chi connectivity index (χ0) is 29.3. The van der Waals surface area contributed by atoms with E-state index >= 15 is 0 Å². The van der Waals surface area contributed by atoms with Crippen molar-refractivity contribution < 1.29 is 19.4 Å². The van der Waals surface area contributed by atoms with E-state index in [1.54, 1.807) is 54.6 Å². The van der Waals surface area contributed by atoms with Crippen LogP contribution in [0.4, 0.5) is 5.13 Å². The number of halogens is 4. The van der Waals surface area contributed by atoms with Crippen LogP contribution in [-0.2, 0) is 15.3 Å². The minimum Gasteiger partial charge on any atom is -0.507 e. The number of carbonyl (C=O) groups excluding carboxylic acids is 2. The monoisotopic (exact) mass is 665 g/mol. The number of ether oxygens (including phenoxy) is 1. The topological polar surface area (TPSA) is 92.6 Å². The van der Waals surface area contributed by atoms with Gasteiger partial charge in [0.1, 0.15) is 11.5 Å². The molecule has 1 atom stereocenters. The third-order valence-corrected chi connectivity index (χ3v) is 9.54. The van der Waals surface area contributed by atoms with Crippen molar-refractivity contribution in [2.75, 3.05) is 11.5 Å². The Morgan fingerprint density at radius 2 is 1.73 bits per heavy atom. The van der Waals surface area contributed by atoms with Gasteiger partial charge in [0.25, 0.3) is 5.78 Å². The van der Waals surface area contributed by atoms with Crippen LogP contribution in [0.25, 0.3) is 5.76 Å². The molecule has 210 valence electrons. The highest BCUT2D eigenvalue weighted by atomic mass is 35.5. The molecule has 1 amide bonds. The van der Waals surface area contributed by atoms with E-state index in [2.05, 4.69) is 10.2 Å². The fraction of sp³-hybridized carbons (Fsp3) is 0.143. The zero-order valence-corrected chi connectivity index (χ0v) is 25.8. The number of Topliss-reactive ketones (excluding diaryl/α,β-unsaturated/α-hetero) is 1. The van der Waals surface area contributed by atoms with Crippen molar-refractivity contribution in [1.82, 2.24) is 10.2 Å². The van der Waals surface area contributed by atoms with Gasteiger partial charge < -0.3 is 9.84 Å². The van der Waals surface area contributed by atoms with Gasteiger partial charge in [-0.05, 0) is 66.6 Å². The Labute approximate surface area is 263 Å². The summed E-state index contributed by atoms with van der Waals surface area (Å²) in [6.07, 6.45) is 0. The molecule has 4 aromatic rings. The second kappa shape index (κ2) is 12.6. The summed E-state index contributed by atoms with van der Waals surface area (Å²) < 4.78 is 6.02. The van der Waals surface area contributed by atoms with Gasteiger partial charge in [-0.3, -0.25) is 14.5 Å². The fourth-order valence-electron chi connectivity index (χ4n) is 4.20. The lowest BCUT2D eigenvalue weighted by Gasteiger charge is -2.23.